The first-order chi connectivity index (χ1) is 11.8. The Bertz CT molecular complexity index is 815. The number of aliphatic carboxylic acids is 2. The number of hydrogen-bond acceptors (Lipinski definition) is 5. The van der Waals surface area contributed by atoms with Crippen molar-refractivity contribution in [3.8, 4) is 5.69 Å². The number of nitrogens with one attached hydrogen (secondary N) is 1. The fourth-order valence-corrected chi connectivity index (χ4v) is 3.47. The average Bonchev–Trinajstić information content (AvgIpc) is 2.86. The van der Waals surface area contributed by atoms with Gasteiger partial charge in [0, 0.05) is 17.2 Å². The highest BCUT2D eigenvalue weighted by atomic mass is 32.2. The molecular weight excluding hydrogens is 346 g/mol. The first-order valence-corrected chi connectivity index (χ1v) is 8.64. The summed E-state index contributed by atoms with van der Waals surface area (Å²) in [4.78, 5) is 35.1. The Labute approximate surface area is 147 Å². The number of aromatic nitrogens is 2. The van der Waals surface area contributed by atoms with Gasteiger partial charge in [-0.05, 0) is 19.1 Å². The quantitative estimate of drug-likeness (QED) is 0.542. The maximum Gasteiger partial charge on any atom is 0.321 e. The van der Waals surface area contributed by atoms with Crippen LogP contribution in [0.15, 0.2) is 35.1 Å². The molecule has 0 spiro atoms. The molecule has 134 valence electrons. The van der Waals surface area contributed by atoms with Crippen molar-refractivity contribution in [1.82, 2.24) is 9.78 Å². The predicted octanol–water partition coefficient (Wildman–Crippen LogP) is 0.787. The third kappa shape index (κ3) is 4.31. The van der Waals surface area contributed by atoms with Gasteiger partial charge in [0.1, 0.15) is 6.04 Å². The summed E-state index contributed by atoms with van der Waals surface area (Å²) < 4.78 is 1.30. The highest BCUT2D eigenvalue weighted by Crippen LogP contribution is 2.22. The molecule has 1 heterocycles. The van der Waals surface area contributed by atoms with Gasteiger partial charge in [0.25, 0.3) is 5.56 Å². The van der Waals surface area contributed by atoms with E-state index in [0.717, 1.165) is 11.8 Å². The average molecular weight is 365 g/mol. The van der Waals surface area contributed by atoms with Gasteiger partial charge in [0.15, 0.2) is 0 Å². The molecule has 0 aliphatic heterocycles. The minimum atomic E-state index is -1.15. The van der Waals surface area contributed by atoms with Crippen LogP contribution in [0.4, 0.5) is 0 Å². The van der Waals surface area contributed by atoms with Crippen LogP contribution in [-0.2, 0) is 9.59 Å². The van der Waals surface area contributed by atoms with E-state index in [4.69, 9.17) is 10.8 Å². The van der Waals surface area contributed by atoms with Gasteiger partial charge in [-0.1, -0.05) is 18.2 Å². The Hall–Kier alpha value is -2.52. The first kappa shape index (κ1) is 18.8. The molecule has 0 fully saturated rings. The van der Waals surface area contributed by atoms with Gasteiger partial charge >= 0.3 is 11.9 Å². The second kappa shape index (κ2) is 8.04. The molecule has 5 N–H and O–H groups in total. The molecule has 0 aliphatic carbocycles. The summed E-state index contributed by atoms with van der Waals surface area (Å²) in [5.41, 5.74) is 6.21. The zero-order valence-electron chi connectivity index (χ0n) is 13.5. The van der Waals surface area contributed by atoms with Gasteiger partial charge in [-0.15, -0.1) is 0 Å². The minimum absolute atomic E-state index is 0.0546. The van der Waals surface area contributed by atoms with Crippen LogP contribution in [0.5, 0.6) is 0 Å². The van der Waals surface area contributed by atoms with Crippen molar-refractivity contribution < 1.29 is 19.8 Å². The topological polar surface area (TPSA) is 138 Å². The number of nitrogens with two attached hydrogens (primary N) is 1. The maximum absolute atomic E-state index is 12.7. The number of carboxylic acids is 2. The van der Waals surface area contributed by atoms with Crippen molar-refractivity contribution in [2.75, 3.05) is 11.5 Å². The van der Waals surface area contributed by atoms with Crippen LogP contribution in [0, 0.1) is 6.92 Å². The summed E-state index contributed by atoms with van der Waals surface area (Å²) in [6.45, 7) is 1.64. The molecule has 1 aromatic heterocycles. The number of carbonyl (C=O) groups is 2. The van der Waals surface area contributed by atoms with Crippen LogP contribution in [-0.4, -0.2) is 49.5 Å². The van der Waals surface area contributed by atoms with Gasteiger partial charge in [-0.2, -0.15) is 11.8 Å². The molecule has 0 saturated heterocycles. The molecular formula is C16H19N3O5S. The molecule has 9 heteroatoms. The fraction of sp³-hybridized carbons (Fsp3) is 0.312. The Morgan fingerprint density at radius 2 is 1.84 bits per heavy atom. The van der Waals surface area contributed by atoms with E-state index >= 15 is 0 Å². The first-order valence-electron chi connectivity index (χ1n) is 7.48. The largest absolute Gasteiger partial charge is 0.481 e. The second-order valence-corrected chi connectivity index (χ2v) is 6.57. The lowest BCUT2D eigenvalue weighted by molar-refractivity contribution is -0.138. The van der Waals surface area contributed by atoms with E-state index in [2.05, 4.69) is 5.10 Å². The normalized spacial score (nSPS) is 13.4. The number of carboxylic acid groups (broad SMARTS) is 2. The van der Waals surface area contributed by atoms with Crippen molar-refractivity contribution in [3.05, 3.63) is 51.9 Å². The molecule has 2 aromatic rings. The van der Waals surface area contributed by atoms with Crippen molar-refractivity contribution in [3.63, 3.8) is 0 Å². The molecule has 1 unspecified atom stereocenters. The summed E-state index contributed by atoms with van der Waals surface area (Å²) in [6.07, 6.45) is 0. The van der Waals surface area contributed by atoms with Crippen molar-refractivity contribution in [2.45, 2.75) is 18.9 Å². The Morgan fingerprint density at radius 3 is 2.40 bits per heavy atom. The lowest BCUT2D eigenvalue weighted by Crippen LogP contribution is -2.33. The van der Waals surface area contributed by atoms with Crippen LogP contribution in [0.2, 0.25) is 0 Å². The number of benzene rings is 1. The standard InChI is InChI=1S/C16H19N3O5S/c1-9-13(11(15(21)22)7-25-8-12(17)16(23)24)14(20)19(18-9)10-5-3-2-4-6-10/h2-6,11-12,18H,7-8,17H2,1H3,(H,21,22)(H,23,24)/t11?,12-/m0/s1. The monoisotopic (exact) mass is 365 g/mol. The molecule has 2 rings (SSSR count). The lowest BCUT2D eigenvalue weighted by Gasteiger charge is -2.12. The summed E-state index contributed by atoms with van der Waals surface area (Å²) in [7, 11) is 0. The molecule has 25 heavy (non-hydrogen) atoms. The third-order valence-corrected chi connectivity index (χ3v) is 4.84. The molecule has 0 saturated carbocycles. The van der Waals surface area contributed by atoms with E-state index in [1.165, 1.54) is 4.68 Å². The summed E-state index contributed by atoms with van der Waals surface area (Å²) in [6, 6.07) is 7.75. The second-order valence-electron chi connectivity index (χ2n) is 5.50. The fourth-order valence-electron chi connectivity index (χ4n) is 2.39. The van der Waals surface area contributed by atoms with Crippen LogP contribution in [0.25, 0.3) is 5.69 Å². The number of aryl methyl sites for hydroxylation is 1. The van der Waals surface area contributed by atoms with E-state index < -0.39 is 29.5 Å². The number of thioether (sulfide) groups is 1. The van der Waals surface area contributed by atoms with Crippen molar-refractivity contribution in [2.24, 2.45) is 5.73 Å². The van der Waals surface area contributed by atoms with Gasteiger partial charge in [0.05, 0.1) is 17.2 Å². The zero-order valence-corrected chi connectivity index (χ0v) is 14.3. The molecule has 2 atom stereocenters. The molecule has 0 radical (unpaired) electrons. The summed E-state index contributed by atoms with van der Waals surface area (Å²) >= 11 is 1.09. The zero-order chi connectivity index (χ0) is 18.6. The Morgan fingerprint density at radius 1 is 1.20 bits per heavy atom. The van der Waals surface area contributed by atoms with Crippen LogP contribution in [0.3, 0.4) is 0 Å². The number of aromatic amines is 1. The van der Waals surface area contributed by atoms with Crippen LogP contribution in [0.1, 0.15) is 17.2 Å². The van der Waals surface area contributed by atoms with Gasteiger partial charge in [0.2, 0.25) is 0 Å². The SMILES string of the molecule is Cc1[nH]n(-c2ccccc2)c(=O)c1C(CSC[C@H](N)C(=O)O)C(=O)O. The summed E-state index contributed by atoms with van der Waals surface area (Å²) in [5, 5.41) is 21.2. The van der Waals surface area contributed by atoms with E-state index in [1.54, 1.807) is 31.2 Å². The molecule has 1 aromatic carbocycles. The number of H-pyrrole nitrogens is 1. The van der Waals surface area contributed by atoms with E-state index in [-0.39, 0.29) is 17.1 Å². The molecule has 0 bridgehead atoms. The molecule has 0 amide bonds. The van der Waals surface area contributed by atoms with Gasteiger partial charge < -0.3 is 15.9 Å². The van der Waals surface area contributed by atoms with E-state index in [9.17, 15) is 19.5 Å². The van der Waals surface area contributed by atoms with Crippen LogP contribution >= 0.6 is 11.8 Å². The van der Waals surface area contributed by atoms with E-state index in [0.29, 0.717) is 11.4 Å². The smallest absolute Gasteiger partial charge is 0.321 e. The molecule has 0 aliphatic rings. The highest BCUT2D eigenvalue weighted by Gasteiger charge is 2.28. The van der Waals surface area contributed by atoms with Gasteiger partial charge in [-0.3, -0.25) is 19.5 Å². The predicted molar refractivity (Wildman–Crippen MR) is 94.4 cm³/mol. The highest BCUT2D eigenvalue weighted by molar-refractivity contribution is 7.99. The molecule has 8 nitrogen and oxygen atoms in total. The Balaban J connectivity index is 2.27. The lowest BCUT2D eigenvalue weighted by atomic mass is 10.0. The van der Waals surface area contributed by atoms with E-state index in [1.807, 2.05) is 6.07 Å². The van der Waals surface area contributed by atoms with Crippen molar-refractivity contribution >= 4 is 23.7 Å². The number of nitrogens with zero attached hydrogens (tertiary/aromatic N) is 1. The summed E-state index contributed by atoms with van der Waals surface area (Å²) in [5.74, 6) is -3.23. The number of rotatable bonds is 8. The van der Waals surface area contributed by atoms with Crippen molar-refractivity contribution in [1.29, 1.82) is 0 Å². The third-order valence-electron chi connectivity index (χ3n) is 3.68. The van der Waals surface area contributed by atoms with Gasteiger partial charge in [-0.25, -0.2) is 4.68 Å². The maximum atomic E-state index is 12.7. The number of hydrogen-bond donors (Lipinski definition) is 4. The minimum Gasteiger partial charge on any atom is -0.481 e. The number of para-hydroxylation sites is 1. The van der Waals surface area contributed by atoms with Crippen LogP contribution < -0.4 is 11.3 Å². The Kier molecular flexibility index (Phi) is 6.05.